The second kappa shape index (κ2) is 14.5. The van der Waals surface area contributed by atoms with Gasteiger partial charge in [0.15, 0.2) is 0 Å². The summed E-state index contributed by atoms with van der Waals surface area (Å²) in [6, 6.07) is 25.8. The zero-order valence-corrected chi connectivity index (χ0v) is 27.4. The Labute approximate surface area is 273 Å². The van der Waals surface area contributed by atoms with Crippen molar-refractivity contribution in [1.82, 2.24) is 10.2 Å². The number of rotatable bonds is 11. The molecule has 4 aromatic carbocycles. The number of anilines is 1. The molecule has 1 N–H and O–H groups in total. The van der Waals surface area contributed by atoms with Crippen molar-refractivity contribution in [2.24, 2.45) is 0 Å². The molecule has 236 valence electrons. The smallest absolute Gasteiger partial charge is 0.264 e. The van der Waals surface area contributed by atoms with Gasteiger partial charge in [0.25, 0.3) is 10.0 Å². The monoisotopic (exact) mass is 669 g/mol. The highest BCUT2D eigenvalue weighted by Crippen LogP contribution is 2.35. The van der Waals surface area contributed by atoms with E-state index in [-0.39, 0.29) is 33.6 Å². The van der Waals surface area contributed by atoms with E-state index in [9.17, 15) is 22.4 Å². The molecular weight excluding hydrogens is 636 g/mol. The van der Waals surface area contributed by atoms with Gasteiger partial charge in [0.1, 0.15) is 18.4 Å². The van der Waals surface area contributed by atoms with Gasteiger partial charge in [0.2, 0.25) is 11.8 Å². The van der Waals surface area contributed by atoms with Gasteiger partial charge in [-0.15, -0.1) is 0 Å². The maximum absolute atomic E-state index is 14.5. The Hall–Kier alpha value is -3.92. The Bertz CT molecular complexity index is 1730. The first-order valence-electron chi connectivity index (χ1n) is 14.2. The molecule has 7 nitrogen and oxygen atoms in total. The number of carbonyl (C=O) groups is 2. The lowest BCUT2D eigenvalue weighted by Gasteiger charge is -2.35. The van der Waals surface area contributed by atoms with Gasteiger partial charge in [-0.2, -0.15) is 0 Å². The first-order chi connectivity index (χ1) is 21.3. The molecule has 11 heteroatoms. The molecule has 45 heavy (non-hydrogen) atoms. The second-order valence-corrected chi connectivity index (χ2v) is 14.1. The van der Waals surface area contributed by atoms with E-state index in [0.717, 1.165) is 9.87 Å². The summed E-state index contributed by atoms with van der Waals surface area (Å²) in [5, 5.41) is 3.01. The van der Waals surface area contributed by atoms with E-state index in [1.54, 1.807) is 18.2 Å². The van der Waals surface area contributed by atoms with Gasteiger partial charge < -0.3 is 10.2 Å². The minimum Gasteiger partial charge on any atom is -0.350 e. The molecule has 0 aromatic heterocycles. The molecule has 0 bridgehead atoms. The van der Waals surface area contributed by atoms with Gasteiger partial charge in [-0.3, -0.25) is 13.9 Å². The molecule has 0 aliphatic rings. The van der Waals surface area contributed by atoms with Crippen LogP contribution in [-0.4, -0.2) is 43.3 Å². The third-order valence-electron chi connectivity index (χ3n) is 6.85. The average molecular weight is 671 g/mol. The van der Waals surface area contributed by atoms with Crippen molar-refractivity contribution in [1.29, 1.82) is 0 Å². The van der Waals surface area contributed by atoms with Crippen molar-refractivity contribution in [3.63, 3.8) is 0 Å². The Morgan fingerprint density at radius 1 is 0.822 bits per heavy atom. The normalized spacial score (nSPS) is 12.3. The number of carbonyl (C=O) groups excluding carboxylic acids is 2. The highest BCUT2D eigenvalue weighted by Gasteiger charge is 2.36. The quantitative estimate of drug-likeness (QED) is 0.189. The molecule has 0 aliphatic heterocycles. The number of nitrogens with zero attached hydrogens (tertiary/aromatic N) is 2. The predicted octanol–water partition coefficient (Wildman–Crippen LogP) is 6.88. The molecule has 0 saturated carbocycles. The van der Waals surface area contributed by atoms with Crippen LogP contribution in [0, 0.1) is 5.82 Å². The molecule has 0 heterocycles. The van der Waals surface area contributed by atoms with Crippen LogP contribution in [-0.2, 0) is 32.6 Å². The van der Waals surface area contributed by atoms with Crippen LogP contribution in [0.5, 0.6) is 0 Å². The number of sulfonamides is 1. The fourth-order valence-electron chi connectivity index (χ4n) is 4.71. The second-order valence-electron chi connectivity index (χ2n) is 11.5. The Morgan fingerprint density at radius 3 is 2.02 bits per heavy atom. The standard InChI is InChI=1S/C34H34Cl2FN3O4S/c1-34(2,3)38-33(42)30(21-24-11-6-4-7-12-24)39(22-25-17-19-26(37)20-18-25)31(41)23-40(29-16-10-15-28(35)32(29)36)45(43,44)27-13-8-5-9-14-27/h4-20,30H,21-23H2,1-3H3,(H,38,42). The average Bonchev–Trinajstić information content (AvgIpc) is 3.00. The highest BCUT2D eigenvalue weighted by molar-refractivity contribution is 7.92. The molecule has 1 unspecified atom stereocenters. The van der Waals surface area contributed by atoms with E-state index in [0.29, 0.717) is 5.56 Å². The van der Waals surface area contributed by atoms with Crippen LogP contribution >= 0.6 is 23.2 Å². The van der Waals surface area contributed by atoms with Crippen molar-refractivity contribution in [2.45, 2.75) is 50.2 Å². The molecule has 0 radical (unpaired) electrons. The summed E-state index contributed by atoms with van der Waals surface area (Å²) in [6.07, 6.45) is 0.138. The predicted molar refractivity (Wildman–Crippen MR) is 176 cm³/mol. The maximum atomic E-state index is 14.5. The van der Waals surface area contributed by atoms with Crippen LogP contribution in [0.4, 0.5) is 10.1 Å². The molecule has 0 spiro atoms. The number of amides is 2. The molecular formula is C34H34Cl2FN3O4S. The molecule has 2 amide bonds. The van der Waals surface area contributed by atoms with E-state index in [4.69, 9.17) is 23.2 Å². The van der Waals surface area contributed by atoms with E-state index in [1.807, 2.05) is 51.1 Å². The maximum Gasteiger partial charge on any atom is 0.264 e. The lowest BCUT2D eigenvalue weighted by Crippen LogP contribution is -2.56. The SMILES string of the molecule is CC(C)(C)NC(=O)C(Cc1ccccc1)N(Cc1ccc(F)cc1)C(=O)CN(c1cccc(Cl)c1Cl)S(=O)(=O)c1ccccc1. The number of halogens is 3. The Morgan fingerprint density at radius 2 is 1.42 bits per heavy atom. The summed E-state index contributed by atoms with van der Waals surface area (Å²) in [7, 11) is -4.34. The zero-order valence-electron chi connectivity index (χ0n) is 25.1. The fourth-order valence-corrected chi connectivity index (χ4v) is 6.61. The van der Waals surface area contributed by atoms with Crippen LogP contribution in [0.3, 0.4) is 0 Å². The number of hydrogen-bond donors (Lipinski definition) is 1. The van der Waals surface area contributed by atoms with Gasteiger partial charge in [-0.05, 0) is 68.3 Å². The molecule has 4 rings (SSSR count). The van der Waals surface area contributed by atoms with Gasteiger partial charge >= 0.3 is 0 Å². The summed E-state index contributed by atoms with van der Waals surface area (Å²) in [6.45, 7) is 4.67. The largest absolute Gasteiger partial charge is 0.350 e. The lowest BCUT2D eigenvalue weighted by atomic mass is 10.0. The van der Waals surface area contributed by atoms with E-state index < -0.39 is 45.8 Å². The van der Waals surface area contributed by atoms with E-state index in [2.05, 4.69) is 5.32 Å². The molecule has 4 aromatic rings. The van der Waals surface area contributed by atoms with Crippen LogP contribution < -0.4 is 9.62 Å². The summed E-state index contributed by atoms with van der Waals surface area (Å²) >= 11 is 12.8. The Kier molecular flexibility index (Phi) is 10.9. The van der Waals surface area contributed by atoms with Gasteiger partial charge in [0, 0.05) is 18.5 Å². The van der Waals surface area contributed by atoms with Crippen molar-refractivity contribution in [3.05, 3.63) is 130 Å². The Balaban J connectivity index is 1.84. The van der Waals surface area contributed by atoms with Gasteiger partial charge in [-0.1, -0.05) is 89.9 Å². The van der Waals surface area contributed by atoms with E-state index >= 15 is 0 Å². The number of nitrogens with one attached hydrogen (secondary N) is 1. The van der Waals surface area contributed by atoms with Crippen molar-refractivity contribution in [2.75, 3.05) is 10.8 Å². The zero-order chi connectivity index (χ0) is 32.8. The van der Waals surface area contributed by atoms with Crippen LogP contribution in [0.1, 0.15) is 31.9 Å². The number of hydrogen-bond acceptors (Lipinski definition) is 4. The third kappa shape index (κ3) is 8.84. The van der Waals surface area contributed by atoms with Crippen molar-refractivity contribution < 1.29 is 22.4 Å². The minimum atomic E-state index is -4.34. The first kappa shape index (κ1) is 34.0. The third-order valence-corrected chi connectivity index (χ3v) is 9.43. The van der Waals surface area contributed by atoms with Crippen molar-refractivity contribution in [3.8, 4) is 0 Å². The topological polar surface area (TPSA) is 86.8 Å². The minimum absolute atomic E-state index is 0.00172. The highest BCUT2D eigenvalue weighted by atomic mass is 35.5. The number of benzene rings is 4. The summed E-state index contributed by atoms with van der Waals surface area (Å²) < 4.78 is 42.9. The first-order valence-corrected chi connectivity index (χ1v) is 16.4. The summed E-state index contributed by atoms with van der Waals surface area (Å²) in [5.74, 6) is -1.57. The molecule has 1 atom stereocenters. The lowest BCUT2D eigenvalue weighted by molar-refractivity contribution is -0.140. The van der Waals surface area contributed by atoms with Crippen molar-refractivity contribution >= 4 is 50.7 Å². The van der Waals surface area contributed by atoms with Crippen LogP contribution in [0.25, 0.3) is 0 Å². The summed E-state index contributed by atoms with van der Waals surface area (Å²) in [4.78, 5) is 29.6. The molecule has 0 saturated heterocycles. The fraction of sp³-hybridized carbons (Fsp3) is 0.235. The summed E-state index contributed by atoms with van der Waals surface area (Å²) in [5.41, 5.74) is 0.703. The molecule has 0 aliphatic carbocycles. The van der Waals surface area contributed by atoms with E-state index in [1.165, 1.54) is 59.5 Å². The molecule has 0 fully saturated rings. The van der Waals surface area contributed by atoms with Gasteiger partial charge in [0.05, 0.1) is 20.6 Å². The van der Waals surface area contributed by atoms with Crippen LogP contribution in [0.15, 0.2) is 108 Å². The van der Waals surface area contributed by atoms with Crippen LogP contribution in [0.2, 0.25) is 10.0 Å². The van der Waals surface area contributed by atoms with Gasteiger partial charge in [-0.25, -0.2) is 12.8 Å².